The first-order valence-electron chi connectivity index (χ1n) is 6.16. The molecule has 0 bridgehead atoms. The van der Waals surface area contributed by atoms with E-state index in [1.54, 1.807) is 19.2 Å². The van der Waals surface area contributed by atoms with Gasteiger partial charge in [0, 0.05) is 6.04 Å². The summed E-state index contributed by atoms with van der Waals surface area (Å²) in [6.45, 7) is 1.72. The molecule has 18 heavy (non-hydrogen) atoms. The summed E-state index contributed by atoms with van der Waals surface area (Å²) >= 11 is 0. The minimum Gasteiger partial charge on any atom is -0.493 e. The number of likely N-dealkylation sites (tertiary alicyclic amines) is 1. The van der Waals surface area contributed by atoms with Crippen molar-refractivity contribution in [3.05, 3.63) is 23.8 Å². The van der Waals surface area contributed by atoms with E-state index in [0.717, 1.165) is 13.0 Å². The molecule has 0 saturated carbocycles. The molecule has 0 aliphatic carbocycles. The van der Waals surface area contributed by atoms with Gasteiger partial charge in [0.15, 0.2) is 11.5 Å². The van der Waals surface area contributed by atoms with Crippen LogP contribution in [0.25, 0.3) is 0 Å². The highest BCUT2D eigenvalue weighted by molar-refractivity contribution is 5.52. The molecule has 4 heteroatoms. The quantitative estimate of drug-likeness (QED) is 0.815. The summed E-state index contributed by atoms with van der Waals surface area (Å²) in [5.41, 5.74) is 0.523. The number of rotatable bonds is 4. The molecule has 0 amide bonds. The molecule has 1 aromatic carbocycles. The molecule has 1 heterocycles. The molecule has 1 atom stereocenters. The molecule has 96 valence electrons. The second-order valence-electron chi connectivity index (χ2n) is 4.54. The van der Waals surface area contributed by atoms with Crippen molar-refractivity contribution in [2.24, 2.45) is 0 Å². The molecule has 2 rings (SSSR count). The highest BCUT2D eigenvalue weighted by Gasteiger charge is 2.22. The summed E-state index contributed by atoms with van der Waals surface area (Å²) in [6, 6.07) is 7.93. The third kappa shape index (κ3) is 2.57. The smallest absolute Gasteiger partial charge is 0.178 e. The molecule has 0 aromatic heterocycles. The standard InChI is InChI=1S/C14H18N2O2/c1-16-8-4-6-12(16)10-18-14-11(9-15)5-3-7-13(14)17-2/h3,5,7,12H,4,6,8,10H2,1-2H3. The number of ether oxygens (including phenoxy) is 2. The summed E-state index contributed by atoms with van der Waals surface area (Å²) in [4.78, 5) is 2.29. The van der Waals surface area contributed by atoms with Gasteiger partial charge >= 0.3 is 0 Å². The lowest BCUT2D eigenvalue weighted by molar-refractivity contribution is 0.193. The van der Waals surface area contributed by atoms with Crippen LogP contribution in [0.5, 0.6) is 11.5 Å². The second kappa shape index (κ2) is 5.74. The molecule has 1 fully saturated rings. The summed E-state index contributed by atoms with van der Waals surface area (Å²) in [5, 5.41) is 9.09. The minimum absolute atomic E-state index is 0.432. The SMILES string of the molecule is COc1cccc(C#N)c1OCC1CCCN1C. The van der Waals surface area contributed by atoms with Crippen LogP contribution in [0.1, 0.15) is 18.4 Å². The summed E-state index contributed by atoms with van der Waals surface area (Å²) in [6.07, 6.45) is 2.36. The van der Waals surface area contributed by atoms with E-state index in [4.69, 9.17) is 14.7 Å². The van der Waals surface area contributed by atoms with Crippen molar-refractivity contribution < 1.29 is 9.47 Å². The lowest BCUT2D eigenvalue weighted by Gasteiger charge is -2.20. The lowest BCUT2D eigenvalue weighted by atomic mass is 10.2. The molecular weight excluding hydrogens is 228 g/mol. The van der Waals surface area contributed by atoms with Crippen molar-refractivity contribution >= 4 is 0 Å². The van der Waals surface area contributed by atoms with Crippen molar-refractivity contribution in [1.29, 1.82) is 5.26 Å². The normalized spacial score (nSPS) is 19.5. The Hall–Kier alpha value is -1.73. The van der Waals surface area contributed by atoms with Crippen molar-refractivity contribution in [2.45, 2.75) is 18.9 Å². The van der Waals surface area contributed by atoms with E-state index in [-0.39, 0.29) is 0 Å². The average molecular weight is 246 g/mol. The highest BCUT2D eigenvalue weighted by Crippen LogP contribution is 2.31. The fourth-order valence-corrected chi connectivity index (χ4v) is 2.28. The van der Waals surface area contributed by atoms with Gasteiger partial charge in [-0.3, -0.25) is 0 Å². The topological polar surface area (TPSA) is 45.5 Å². The predicted octanol–water partition coefficient (Wildman–Crippen LogP) is 2.04. The van der Waals surface area contributed by atoms with Gasteiger partial charge in [-0.1, -0.05) is 6.07 Å². The van der Waals surface area contributed by atoms with Crippen molar-refractivity contribution in [2.75, 3.05) is 27.3 Å². The lowest BCUT2D eigenvalue weighted by Crippen LogP contribution is -2.30. The zero-order valence-electron chi connectivity index (χ0n) is 10.8. The van der Waals surface area contributed by atoms with E-state index < -0.39 is 0 Å². The Bertz CT molecular complexity index is 454. The predicted molar refractivity (Wildman–Crippen MR) is 68.9 cm³/mol. The molecule has 0 radical (unpaired) electrons. The van der Waals surface area contributed by atoms with Gasteiger partial charge in [0.05, 0.1) is 12.7 Å². The minimum atomic E-state index is 0.432. The third-order valence-corrected chi connectivity index (χ3v) is 3.41. The van der Waals surface area contributed by atoms with E-state index in [1.165, 1.54) is 6.42 Å². The molecule has 1 aliphatic rings. The van der Waals surface area contributed by atoms with Crippen molar-refractivity contribution in [3.63, 3.8) is 0 Å². The van der Waals surface area contributed by atoms with Gasteiger partial charge in [0.2, 0.25) is 0 Å². The second-order valence-corrected chi connectivity index (χ2v) is 4.54. The van der Waals surface area contributed by atoms with Crippen molar-refractivity contribution in [3.8, 4) is 17.6 Å². The largest absolute Gasteiger partial charge is 0.493 e. The summed E-state index contributed by atoms with van der Waals surface area (Å²) in [5.74, 6) is 1.18. The maximum absolute atomic E-state index is 9.09. The van der Waals surface area contributed by atoms with Gasteiger partial charge in [-0.25, -0.2) is 0 Å². The average Bonchev–Trinajstić information content (AvgIpc) is 2.81. The van der Waals surface area contributed by atoms with Gasteiger partial charge in [0.25, 0.3) is 0 Å². The third-order valence-electron chi connectivity index (χ3n) is 3.41. The monoisotopic (exact) mass is 246 g/mol. The van der Waals surface area contributed by atoms with Crippen LogP contribution in [0.2, 0.25) is 0 Å². The summed E-state index contributed by atoms with van der Waals surface area (Å²) < 4.78 is 11.1. The molecule has 1 aromatic rings. The number of nitriles is 1. The van der Waals surface area contributed by atoms with Gasteiger partial charge in [-0.05, 0) is 38.6 Å². The van der Waals surface area contributed by atoms with E-state index in [1.807, 2.05) is 6.07 Å². The van der Waals surface area contributed by atoms with Crippen LogP contribution in [-0.4, -0.2) is 38.3 Å². The fraction of sp³-hybridized carbons (Fsp3) is 0.500. The Morgan fingerprint density at radius 1 is 1.50 bits per heavy atom. The van der Waals surface area contributed by atoms with Crippen molar-refractivity contribution in [1.82, 2.24) is 4.90 Å². The molecule has 0 spiro atoms. The van der Waals surface area contributed by atoms with E-state index in [9.17, 15) is 0 Å². The maximum Gasteiger partial charge on any atom is 0.178 e. The van der Waals surface area contributed by atoms with Gasteiger partial charge < -0.3 is 14.4 Å². The Kier molecular flexibility index (Phi) is 4.06. The molecular formula is C14H18N2O2. The van der Waals surface area contributed by atoms with E-state index in [2.05, 4.69) is 18.0 Å². The molecule has 0 N–H and O–H groups in total. The van der Waals surface area contributed by atoms with Crippen LogP contribution < -0.4 is 9.47 Å². The van der Waals surface area contributed by atoms with E-state index >= 15 is 0 Å². The Morgan fingerprint density at radius 2 is 2.33 bits per heavy atom. The fourth-order valence-electron chi connectivity index (χ4n) is 2.28. The van der Waals surface area contributed by atoms with Crippen LogP contribution in [-0.2, 0) is 0 Å². The number of nitrogens with zero attached hydrogens (tertiary/aromatic N) is 2. The van der Waals surface area contributed by atoms with Crippen LogP contribution in [0.4, 0.5) is 0 Å². The molecule has 1 aliphatic heterocycles. The Labute approximate surface area is 108 Å². The summed E-state index contributed by atoms with van der Waals surface area (Å²) in [7, 11) is 3.69. The first-order chi connectivity index (χ1) is 8.76. The van der Waals surface area contributed by atoms with Crippen LogP contribution >= 0.6 is 0 Å². The number of benzene rings is 1. The zero-order chi connectivity index (χ0) is 13.0. The van der Waals surface area contributed by atoms with Gasteiger partial charge in [0.1, 0.15) is 12.7 Å². The first-order valence-corrected chi connectivity index (χ1v) is 6.16. The highest BCUT2D eigenvalue weighted by atomic mass is 16.5. The van der Waals surface area contributed by atoms with Gasteiger partial charge in [-0.2, -0.15) is 5.26 Å². The number of para-hydroxylation sites is 1. The van der Waals surface area contributed by atoms with Gasteiger partial charge in [-0.15, -0.1) is 0 Å². The first kappa shape index (κ1) is 12.7. The van der Waals surface area contributed by atoms with Crippen LogP contribution in [0, 0.1) is 11.3 Å². The van der Waals surface area contributed by atoms with E-state index in [0.29, 0.717) is 29.7 Å². The van der Waals surface area contributed by atoms with Crippen LogP contribution in [0.15, 0.2) is 18.2 Å². The number of hydrogen-bond donors (Lipinski definition) is 0. The molecule has 1 saturated heterocycles. The molecule has 4 nitrogen and oxygen atoms in total. The number of methoxy groups -OCH3 is 1. The Morgan fingerprint density at radius 3 is 2.94 bits per heavy atom. The number of likely N-dealkylation sites (N-methyl/N-ethyl adjacent to an activating group) is 1. The molecule has 1 unspecified atom stereocenters. The maximum atomic E-state index is 9.09. The van der Waals surface area contributed by atoms with Crippen LogP contribution in [0.3, 0.4) is 0 Å². The number of hydrogen-bond acceptors (Lipinski definition) is 4. The Balaban J connectivity index is 2.10. The zero-order valence-corrected chi connectivity index (χ0v) is 10.8.